The lowest BCUT2D eigenvalue weighted by Gasteiger charge is -2.19. The first kappa shape index (κ1) is 11.0. The fourth-order valence-corrected chi connectivity index (χ4v) is 2.32. The van der Waals surface area contributed by atoms with Crippen LogP contribution in [0.2, 0.25) is 0 Å². The maximum atomic E-state index is 13.9. The largest absolute Gasteiger partial charge is 0.319 e. The van der Waals surface area contributed by atoms with Crippen molar-refractivity contribution in [3.63, 3.8) is 0 Å². The molecule has 3 heteroatoms. The predicted octanol–water partition coefficient (Wildman–Crippen LogP) is 3.48. The van der Waals surface area contributed by atoms with Crippen LogP contribution in [0, 0.1) is 18.2 Å². The number of aryl methyl sites for hydroxylation is 1. The molecule has 1 heterocycles. The van der Waals surface area contributed by atoms with E-state index in [2.05, 4.69) is 0 Å². The number of anilines is 1. The van der Waals surface area contributed by atoms with Crippen LogP contribution < -0.4 is 4.90 Å². The average Bonchev–Trinajstić information content (AvgIpc) is 2.71. The normalized spacial score (nSPS) is 13.9. The van der Waals surface area contributed by atoms with Crippen molar-refractivity contribution in [2.75, 3.05) is 4.90 Å². The van der Waals surface area contributed by atoms with E-state index in [0.29, 0.717) is 18.1 Å². The Kier molecular flexibility index (Phi) is 2.40. The molecule has 2 aromatic rings. The molecule has 0 aliphatic carbocycles. The molecule has 2 aromatic carbocycles. The fourth-order valence-electron chi connectivity index (χ4n) is 2.32. The second kappa shape index (κ2) is 3.95. The van der Waals surface area contributed by atoms with Gasteiger partial charge >= 0.3 is 0 Å². The first-order valence-corrected chi connectivity index (χ1v) is 5.87. The van der Waals surface area contributed by atoms with Crippen LogP contribution in [0.4, 0.5) is 10.1 Å². The standard InChI is InChI=1S/C15H13FN2/c1-10-6-7-13(16)14(8-10)18-9-11-4-2-3-5-12(11)15(18)17/h2-8,17H,9H2,1H3. The van der Waals surface area contributed by atoms with Crippen LogP contribution in [0.1, 0.15) is 16.7 Å². The number of benzene rings is 2. The van der Waals surface area contributed by atoms with Crippen molar-refractivity contribution >= 4 is 11.5 Å². The van der Waals surface area contributed by atoms with Gasteiger partial charge in [0.2, 0.25) is 0 Å². The molecule has 0 unspecified atom stereocenters. The monoisotopic (exact) mass is 240 g/mol. The van der Waals surface area contributed by atoms with Gasteiger partial charge in [0.05, 0.1) is 12.2 Å². The second-order valence-electron chi connectivity index (χ2n) is 4.55. The van der Waals surface area contributed by atoms with Crippen LogP contribution in [0.25, 0.3) is 0 Å². The van der Waals surface area contributed by atoms with Crippen molar-refractivity contribution in [3.05, 3.63) is 65.0 Å². The van der Waals surface area contributed by atoms with Gasteiger partial charge < -0.3 is 4.90 Å². The minimum atomic E-state index is -0.279. The van der Waals surface area contributed by atoms with Gasteiger partial charge in [0.1, 0.15) is 11.7 Å². The topological polar surface area (TPSA) is 27.1 Å². The van der Waals surface area contributed by atoms with Gasteiger partial charge in [-0.15, -0.1) is 0 Å². The SMILES string of the molecule is Cc1ccc(F)c(N2Cc3ccccc3C2=N)c1. The highest BCUT2D eigenvalue weighted by Crippen LogP contribution is 2.30. The van der Waals surface area contributed by atoms with E-state index in [4.69, 9.17) is 5.41 Å². The number of amidine groups is 1. The Labute approximate surface area is 105 Å². The summed E-state index contributed by atoms with van der Waals surface area (Å²) in [4.78, 5) is 1.72. The zero-order chi connectivity index (χ0) is 12.7. The van der Waals surface area contributed by atoms with E-state index < -0.39 is 0 Å². The van der Waals surface area contributed by atoms with Crippen LogP contribution in [0.15, 0.2) is 42.5 Å². The summed E-state index contributed by atoms with van der Waals surface area (Å²) in [7, 11) is 0. The lowest BCUT2D eigenvalue weighted by Crippen LogP contribution is -2.24. The summed E-state index contributed by atoms with van der Waals surface area (Å²) in [6.07, 6.45) is 0. The maximum Gasteiger partial charge on any atom is 0.146 e. The molecule has 0 bridgehead atoms. The van der Waals surface area contributed by atoms with E-state index in [1.165, 1.54) is 6.07 Å². The van der Waals surface area contributed by atoms with E-state index in [1.54, 1.807) is 17.0 Å². The van der Waals surface area contributed by atoms with E-state index in [9.17, 15) is 4.39 Å². The van der Waals surface area contributed by atoms with Crippen molar-refractivity contribution in [2.24, 2.45) is 0 Å². The summed E-state index contributed by atoms with van der Waals surface area (Å²) in [6.45, 7) is 2.49. The minimum absolute atomic E-state index is 0.279. The number of hydrogen-bond acceptors (Lipinski definition) is 1. The molecule has 90 valence electrons. The van der Waals surface area contributed by atoms with Gasteiger partial charge in [-0.05, 0) is 30.2 Å². The number of fused-ring (bicyclic) bond motifs is 1. The molecule has 0 saturated heterocycles. The van der Waals surface area contributed by atoms with Crippen LogP contribution in [0.5, 0.6) is 0 Å². The summed E-state index contributed by atoms with van der Waals surface area (Å²) >= 11 is 0. The highest BCUT2D eigenvalue weighted by Gasteiger charge is 2.26. The van der Waals surface area contributed by atoms with Gasteiger partial charge in [0.15, 0.2) is 0 Å². The van der Waals surface area contributed by atoms with Gasteiger partial charge in [0, 0.05) is 5.56 Å². The molecule has 0 radical (unpaired) electrons. The first-order valence-electron chi connectivity index (χ1n) is 5.87. The van der Waals surface area contributed by atoms with Crippen LogP contribution in [0.3, 0.4) is 0 Å². The molecule has 0 saturated carbocycles. The molecule has 1 aliphatic rings. The summed E-state index contributed by atoms with van der Waals surface area (Å²) in [5, 5.41) is 8.15. The third-order valence-electron chi connectivity index (χ3n) is 3.26. The molecule has 0 atom stereocenters. The fraction of sp³-hybridized carbons (Fsp3) is 0.133. The van der Waals surface area contributed by atoms with Crippen molar-refractivity contribution < 1.29 is 4.39 Å². The molecule has 1 aliphatic heterocycles. The summed E-state index contributed by atoms with van der Waals surface area (Å²) < 4.78 is 13.9. The van der Waals surface area contributed by atoms with Crippen LogP contribution in [-0.4, -0.2) is 5.84 Å². The maximum absolute atomic E-state index is 13.9. The molecule has 3 rings (SSSR count). The lowest BCUT2D eigenvalue weighted by atomic mass is 10.1. The molecule has 2 nitrogen and oxygen atoms in total. The Bertz CT molecular complexity index is 634. The molecule has 0 fully saturated rings. The lowest BCUT2D eigenvalue weighted by molar-refractivity contribution is 0.626. The molecule has 0 aromatic heterocycles. The zero-order valence-corrected chi connectivity index (χ0v) is 10.1. The van der Waals surface area contributed by atoms with E-state index >= 15 is 0 Å². The van der Waals surface area contributed by atoms with E-state index in [1.807, 2.05) is 31.2 Å². The third kappa shape index (κ3) is 1.59. The predicted molar refractivity (Wildman–Crippen MR) is 70.6 cm³/mol. The zero-order valence-electron chi connectivity index (χ0n) is 10.1. The quantitative estimate of drug-likeness (QED) is 0.811. The highest BCUT2D eigenvalue weighted by molar-refractivity contribution is 6.11. The van der Waals surface area contributed by atoms with Gasteiger partial charge in [0.25, 0.3) is 0 Å². The summed E-state index contributed by atoms with van der Waals surface area (Å²) in [5.74, 6) is 0.0910. The van der Waals surface area contributed by atoms with Crippen molar-refractivity contribution in [3.8, 4) is 0 Å². The Hall–Kier alpha value is -2.16. The average molecular weight is 240 g/mol. The first-order chi connectivity index (χ1) is 8.66. The number of nitrogens with zero attached hydrogens (tertiary/aromatic N) is 1. The summed E-state index contributed by atoms with van der Waals surface area (Å²) in [5.41, 5.74) is 3.44. The van der Waals surface area contributed by atoms with E-state index in [0.717, 1.165) is 16.7 Å². The van der Waals surface area contributed by atoms with Crippen molar-refractivity contribution in [2.45, 2.75) is 13.5 Å². The Balaban J connectivity index is 2.06. The number of halogens is 1. The Morgan fingerprint density at radius 1 is 1.17 bits per heavy atom. The molecule has 0 spiro atoms. The highest BCUT2D eigenvalue weighted by atomic mass is 19.1. The minimum Gasteiger partial charge on any atom is -0.319 e. The van der Waals surface area contributed by atoms with E-state index in [-0.39, 0.29) is 5.82 Å². The number of nitrogens with one attached hydrogen (secondary N) is 1. The second-order valence-corrected chi connectivity index (χ2v) is 4.55. The number of hydrogen-bond donors (Lipinski definition) is 1. The van der Waals surface area contributed by atoms with Gasteiger partial charge in [-0.3, -0.25) is 5.41 Å². The smallest absolute Gasteiger partial charge is 0.146 e. The third-order valence-corrected chi connectivity index (χ3v) is 3.26. The molecule has 1 N–H and O–H groups in total. The van der Waals surface area contributed by atoms with Gasteiger partial charge in [-0.2, -0.15) is 0 Å². The van der Waals surface area contributed by atoms with Gasteiger partial charge in [-0.25, -0.2) is 4.39 Å². The molecule has 0 amide bonds. The van der Waals surface area contributed by atoms with Crippen molar-refractivity contribution in [1.82, 2.24) is 0 Å². The summed E-state index contributed by atoms with van der Waals surface area (Å²) in [6, 6.07) is 12.7. The van der Waals surface area contributed by atoms with Crippen LogP contribution >= 0.6 is 0 Å². The number of rotatable bonds is 1. The Morgan fingerprint density at radius 3 is 2.72 bits per heavy atom. The van der Waals surface area contributed by atoms with Crippen molar-refractivity contribution in [1.29, 1.82) is 5.41 Å². The molecule has 18 heavy (non-hydrogen) atoms. The van der Waals surface area contributed by atoms with Gasteiger partial charge in [-0.1, -0.05) is 30.3 Å². The van der Waals surface area contributed by atoms with Crippen LogP contribution in [-0.2, 0) is 6.54 Å². The Morgan fingerprint density at radius 2 is 1.94 bits per heavy atom. The molecular formula is C15H13FN2. The molecular weight excluding hydrogens is 227 g/mol.